The molecular weight excluding hydrogens is 1200 g/mol. The Labute approximate surface area is 521 Å². The van der Waals surface area contributed by atoms with E-state index < -0.39 is 238 Å². The van der Waals surface area contributed by atoms with Crippen LogP contribution in [0.2, 0.25) is 0 Å². The van der Waals surface area contributed by atoms with Crippen molar-refractivity contribution in [3.05, 3.63) is 11.6 Å². The van der Waals surface area contributed by atoms with Crippen molar-refractivity contribution in [1.82, 2.24) is 0 Å². The van der Waals surface area contributed by atoms with Crippen molar-refractivity contribution in [3.63, 3.8) is 0 Å². The van der Waals surface area contributed by atoms with Crippen molar-refractivity contribution in [2.75, 3.05) is 33.0 Å². The van der Waals surface area contributed by atoms with E-state index in [2.05, 4.69) is 13.8 Å². The maximum absolute atomic E-state index is 15.2. The van der Waals surface area contributed by atoms with E-state index in [-0.39, 0.29) is 30.0 Å². The minimum atomic E-state index is -1.99. The van der Waals surface area contributed by atoms with Gasteiger partial charge in [-0.2, -0.15) is 0 Å². The summed E-state index contributed by atoms with van der Waals surface area (Å²) in [5.41, 5.74) is -4.12. The van der Waals surface area contributed by atoms with Crippen LogP contribution < -0.4 is 0 Å². The molecule has 9 rings (SSSR count). The number of ketones is 1. The SMILES string of the molecule is C[C@@H](CC[C@@H](O[C@@H]1O[C@H](CO[C@@H]2O[C@H](CO)[C@@H](O)[C@H](O)[C@H]2O)[C@@H](O)[C@H](O)[C@H]1O[C@@H]1O[C@H](CO)[C@@H](O)[C@H](O)[C@H]1O)C(C)(C)O)[C@H]1CC[C@@]2(C)[C@@H]3C(=O)C=C4[C@@H](CC[C@H](O[C@@H]5O[C@H](CO[C@@H]6O[C@H](CO)[C@@H](O)[C@H](O)[C@H]6O)[C@@H](O)[C@H](O)[C@H]5O)C4(C)C)[C@]3(C)[C@H](O)C[C@]12C. The average Bonchev–Trinajstić information content (AvgIpc) is 1.28. The van der Waals surface area contributed by atoms with Gasteiger partial charge in [0.25, 0.3) is 0 Å². The molecule has 9 aliphatic rings. The highest BCUT2D eigenvalue weighted by atomic mass is 16.8. The minimum absolute atomic E-state index is 0.0979. The number of rotatable bonds is 20. The van der Waals surface area contributed by atoms with Gasteiger partial charge in [0.2, 0.25) is 0 Å². The van der Waals surface area contributed by atoms with Gasteiger partial charge >= 0.3 is 0 Å². The van der Waals surface area contributed by atoms with Crippen LogP contribution in [0.4, 0.5) is 0 Å². The van der Waals surface area contributed by atoms with Gasteiger partial charge < -0.3 is 144 Å². The second-order valence-electron chi connectivity index (χ2n) is 28.7. The van der Waals surface area contributed by atoms with Gasteiger partial charge in [0.1, 0.15) is 122 Å². The summed E-state index contributed by atoms with van der Waals surface area (Å²) in [6, 6.07) is 0. The zero-order valence-corrected chi connectivity index (χ0v) is 52.0. The Kier molecular flexibility index (Phi) is 22.3. The van der Waals surface area contributed by atoms with Gasteiger partial charge in [-0.1, -0.05) is 47.1 Å². The molecule has 520 valence electrons. The van der Waals surface area contributed by atoms with Crippen LogP contribution in [-0.2, 0) is 52.2 Å². The topological polar surface area (TPSA) is 494 Å². The highest BCUT2D eigenvalue weighted by molar-refractivity contribution is 5.95. The second kappa shape index (κ2) is 27.6. The van der Waals surface area contributed by atoms with Gasteiger partial charge in [0, 0.05) is 16.7 Å². The van der Waals surface area contributed by atoms with Gasteiger partial charge in [-0.15, -0.1) is 0 Å². The molecule has 30 nitrogen and oxygen atoms in total. The van der Waals surface area contributed by atoms with Gasteiger partial charge in [-0.05, 0) is 93.5 Å². The summed E-state index contributed by atoms with van der Waals surface area (Å²) in [5.74, 6) is -1.37. The Morgan fingerprint density at radius 3 is 1.46 bits per heavy atom. The summed E-state index contributed by atoms with van der Waals surface area (Å²) < 4.78 is 59.1. The summed E-state index contributed by atoms with van der Waals surface area (Å²) in [4.78, 5) is 15.2. The molecule has 8 fully saturated rings. The molecule has 0 aromatic heterocycles. The molecule has 0 aromatic rings. The number of aliphatic hydroxyl groups is 19. The first kappa shape index (κ1) is 72.5. The summed E-state index contributed by atoms with van der Waals surface area (Å²) in [5, 5.41) is 205. The molecule has 0 radical (unpaired) electrons. The highest BCUT2D eigenvalue weighted by Crippen LogP contribution is 2.74. The van der Waals surface area contributed by atoms with E-state index in [0.717, 1.165) is 5.57 Å². The molecule has 5 saturated heterocycles. The fraction of sp³-hybridized carbons (Fsp3) is 0.950. The first-order chi connectivity index (χ1) is 42.0. The van der Waals surface area contributed by atoms with Gasteiger partial charge in [0.05, 0.1) is 56.9 Å². The van der Waals surface area contributed by atoms with E-state index in [4.69, 9.17) is 47.4 Å². The number of hydrogen-bond acceptors (Lipinski definition) is 30. The number of ether oxygens (including phenoxy) is 10. The Morgan fingerprint density at radius 1 is 0.533 bits per heavy atom. The molecule has 0 amide bonds. The predicted octanol–water partition coefficient (Wildman–Crippen LogP) is -6.23. The van der Waals surface area contributed by atoms with Crippen LogP contribution in [0, 0.1) is 45.3 Å². The van der Waals surface area contributed by atoms with E-state index in [0.29, 0.717) is 38.5 Å². The molecule has 0 unspecified atom stereocenters. The fourth-order valence-electron chi connectivity index (χ4n) is 16.8. The quantitative estimate of drug-likeness (QED) is 0.0539. The van der Waals surface area contributed by atoms with Crippen LogP contribution in [0.1, 0.15) is 100 Å². The Bertz CT molecular complexity index is 2430. The standard InChI is InChI=1S/C60H100O30/c1-22(9-11-34(57(4,5)80)89-55-49(90-54-48(79)42(73)37(68)29(19-63)85-54)44(75)39(70)31(87-55)21-82-52-46(77)41(72)36(67)28(18-62)84-52)23-13-14-58(6)50-26(64)15-25-24(60(50,8)32(65)16-59(23,58)7)10-12-33(56(25,2)3)88-53-47(78)43(74)38(69)30(86-53)20-81-51-45(76)40(71)35(66)27(17-61)83-51/h15,22-24,27-55,61-63,65-80H,9-14,16-21H2,1-8H3/t22-,23+,24+,27+,28+,29+,30+,31+,32+,33-,34+,35+,36+,37+,38+,39+,40-,41-,42-,43-,44-,45+,46+,47+,48+,49+,50-,51+,52+,53-,54-,55-,58-,59+,60+/m0/s1. The average molecular weight is 1300 g/mol. The summed E-state index contributed by atoms with van der Waals surface area (Å²) >= 11 is 0. The number of allylic oxidation sites excluding steroid dienone is 1. The Hall–Kier alpha value is -1.75. The lowest BCUT2D eigenvalue weighted by Crippen LogP contribution is -2.67. The number of aliphatic hydroxyl groups excluding tert-OH is 18. The molecule has 5 heterocycles. The molecule has 35 atom stereocenters. The third kappa shape index (κ3) is 12.9. The Morgan fingerprint density at radius 2 is 0.967 bits per heavy atom. The van der Waals surface area contributed by atoms with Crippen LogP contribution in [0.3, 0.4) is 0 Å². The molecule has 0 aromatic carbocycles. The zero-order valence-electron chi connectivity index (χ0n) is 52.0. The predicted molar refractivity (Wildman–Crippen MR) is 301 cm³/mol. The fourth-order valence-corrected chi connectivity index (χ4v) is 16.8. The molecule has 90 heavy (non-hydrogen) atoms. The van der Waals surface area contributed by atoms with Crippen molar-refractivity contribution >= 4 is 5.78 Å². The minimum Gasteiger partial charge on any atom is -0.394 e. The molecule has 19 N–H and O–H groups in total. The van der Waals surface area contributed by atoms with Gasteiger partial charge in [-0.25, -0.2) is 0 Å². The normalized spacial score (nSPS) is 51.4. The Balaban J connectivity index is 0.896. The first-order valence-electron chi connectivity index (χ1n) is 31.5. The molecular formula is C60H100O30. The van der Waals surface area contributed by atoms with Crippen molar-refractivity contribution in [2.45, 2.75) is 278 Å². The monoisotopic (exact) mass is 1300 g/mol. The van der Waals surface area contributed by atoms with E-state index >= 15 is 4.79 Å². The highest BCUT2D eigenvalue weighted by Gasteiger charge is 2.72. The van der Waals surface area contributed by atoms with Crippen LogP contribution in [0.15, 0.2) is 11.6 Å². The molecule has 0 bridgehead atoms. The van der Waals surface area contributed by atoms with Crippen molar-refractivity contribution in [2.24, 2.45) is 45.3 Å². The smallest absolute Gasteiger partial charge is 0.187 e. The summed E-state index contributed by atoms with van der Waals surface area (Å²) in [6.45, 7) is 11.5. The first-order valence-corrected chi connectivity index (χ1v) is 31.5. The molecule has 3 saturated carbocycles. The number of carbonyl (C=O) groups is 1. The summed E-state index contributed by atoms with van der Waals surface area (Å²) in [6.07, 6.45) is -40.9. The van der Waals surface area contributed by atoms with E-state index in [1.165, 1.54) is 13.8 Å². The maximum atomic E-state index is 15.2. The van der Waals surface area contributed by atoms with E-state index in [1.54, 1.807) is 6.08 Å². The van der Waals surface area contributed by atoms with Gasteiger partial charge in [-0.3, -0.25) is 4.79 Å². The molecule has 30 heteroatoms. The maximum Gasteiger partial charge on any atom is 0.187 e. The van der Waals surface area contributed by atoms with E-state index in [1.807, 2.05) is 27.7 Å². The lowest BCUT2D eigenvalue weighted by atomic mass is 9.38. The van der Waals surface area contributed by atoms with Crippen molar-refractivity contribution in [3.8, 4) is 0 Å². The molecule has 5 aliphatic heterocycles. The van der Waals surface area contributed by atoms with Gasteiger partial charge in [0.15, 0.2) is 37.2 Å². The largest absolute Gasteiger partial charge is 0.394 e. The summed E-state index contributed by atoms with van der Waals surface area (Å²) in [7, 11) is 0. The van der Waals surface area contributed by atoms with Crippen molar-refractivity contribution < 1.29 is 149 Å². The number of fused-ring (bicyclic) bond motifs is 5. The third-order valence-electron chi connectivity index (χ3n) is 22.6. The second-order valence-corrected chi connectivity index (χ2v) is 28.7. The zero-order chi connectivity index (χ0) is 66.4. The third-order valence-corrected chi connectivity index (χ3v) is 22.6. The van der Waals surface area contributed by atoms with Crippen LogP contribution in [0.25, 0.3) is 0 Å². The van der Waals surface area contributed by atoms with Crippen LogP contribution in [-0.4, -0.2) is 313 Å². The lowest BCUT2D eigenvalue weighted by molar-refractivity contribution is -0.380. The number of hydrogen-bond donors (Lipinski definition) is 19. The van der Waals surface area contributed by atoms with Crippen LogP contribution >= 0.6 is 0 Å². The van der Waals surface area contributed by atoms with E-state index in [9.17, 15) is 97.0 Å². The van der Waals surface area contributed by atoms with Crippen LogP contribution in [0.5, 0.6) is 0 Å². The molecule has 0 spiro atoms. The molecule has 4 aliphatic carbocycles. The number of carbonyl (C=O) groups excluding carboxylic acids is 1. The lowest BCUT2D eigenvalue weighted by Gasteiger charge is -2.66. The van der Waals surface area contributed by atoms with Crippen molar-refractivity contribution in [1.29, 1.82) is 0 Å².